The van der Waals surface area contributed by atoms with Gasteiger partial charge in [-0.05, 0) is 65.3 Å². The predicted octanol–water partition coefficient (Wildman–Crippen LogP) is 5.12. The van der Waals surface area contributed by atoms with Gasteiger partial charge in [0.05, 0.1) is 11.4 Å². The molecule has 4 heterocycles. The first-order valence-corrected chi connectivity index (χ1v) is 10.0. The first-order chi connectivity index (χ1) is 15.7. The van der Waals surface area contributed by atoms with Crippen molar-refractivity contribution in [2.75, 3.05) is 0 Å². The van der Waals surface area contributed by atoms with Crippen LogP contribution in [-0.4, -0.2) is 31.4 Å². The van der Waals surface area contributed by atoms with Crippen molar-refractivity contribution < 1.29 is 0 Å². The van der Waals surface area contributed by atoms with Crippen molar-refractivity contribution >= 4 is 22.6 Å². The summed E-state index contributed by atoms with van der Waals surface area (Å²) in [5.41, 5.74) is 7.40. The van der Waals surface area contributed by atoms with Crippen molar-refractivity contribution in [3.05, 3.63) is 109 Å². The summed E-state index contributed by atoms with van der Waals surface area (Å²) < 4.78 is 0. The smallest absolute Gasteiger partial charge is 0.0868 e. The second kappa shape index (κ2) is 8.28. The minimum absolute atomic E-state index is 0.154. The lowest BCUT2D eigenvalue weighted by Crippen LogP contribution is -2.16. The molecular weight excluding hydrogens is 396 g/mol. The van der Waals surface area contributed by atoms with E-state index in [0.717, 1.165) is 39.0 Å². The van der Waals surface area contributed by atoms with E-state index in [2.05, 4.69) is 19.9 Å². The Labute approximate surface area is 185 Å². The third kappa shape index (κ3) is 3.77. The Morgan fingerprint density at radius 1 is 0.500 bits per heavy atom. The third-order valence-electron chi connectivity index (χ3n) is 5.29. The standard InChI is InChI=1S/C26H18N6/c27-25-12-19(22-9-20(13-31-15-22)17-1-5-29-6-2-17)11-24(26(25)28)23-10-21(14-32-16-23)18-3-7-30-8-4-18/h1-16,27-28H. The van der Waals surface area contributed by atoms with Crippen molar-refractivity contribution in [2.45, 2.75) is 0 Å². The summed E-state index contributed by atoms with van der Waals surface area (Å²) in [6, 6.07) is 11.7. The van der Waals surface area contributed by atoms with Crippen LogP contribution in [0.15, 0.2) is 98.1 Å². The Morgan fingerprint density at radius 2 is 1.00 bits per heavy atom. The fourth-order valence-electron chi connectivity index (χ4n) is 3.63. The molecule has 0 spiro atoms. The summed E-state index contributed by atoms with van der Waals surface area (Å²) in [7, 11) is 0. The molecule has 0 amide bonds. The highest BCUT2D eigenvalue weighted by atomic mass is 14.6. The topological polar surface area (TPSA) is 99.3 Å². The number of hydrogen-bond donors (Lipinski definition) is 2. The van der Waals surface area contributed by atoms with Crippen LogP contribution in [-0.2, 0) is 0 Å². The van der Waals surface area contributed by atoms with Crippen LogP contribution in [0.5, 0.6) is 0 Å². The molecule has 152 valence electrons. The van der Waals surface area contributed by atoms with E-state index in [1.165, 1.54) is 0 Å². The fourth-order valence-corrected chi connectivity index (χ4v) is 3.63. The molecule has 4 aromatic rings. The van der Waals surface area contributed by atoms with Gasteiger partial charge < -0.3 is 0 Å². The van der Waals surface area contributed by atoms with Crippen LogP contribution in [0.25, 0.3) is 33.4 Å². The van der Waals surface area contributed by atoms with E-state index >= 15 is 0 Å². The Kier molecular flexibility index (Phi) is 5.01. The molecule has 6 heteroatoms. The Hall–Kier alpha value is -4.58. The molecule has 4 aromatic heterocycles. The molecule has 32 heavy (non-hydrogen) atoms. The monoisotopic (exact) mass is 414 g/mol. The lowest BCUT2D eigenvalue weighted by atomic mass is 9.88. The van der Waals surface area contributed by atoms with E-state index in [4.69, 9.17) is 10.8 Å². The molecule has 0 atom stereocenters. The van der Waals surface area contributed by atoms with Crippen molar-refractivity contribution in [3.8, 4) is 22.3 Å². The van der Waals surface area contributed by atoms with E-state index in [0.29, 0.717) is 5.57 Å². The van der Waals surface area contributed by atoms with E-state index < -0.39 is 0 Å². The lowest BCUT2D eigenvalue weighted by Gasteiger charge is -2.17. The van der Waals surface area contributed by atoms with Crippen LogP contribution in [0.2, 0.25) is 0 Å². The predicted molar refractivity (Wildman–Crippen MR) is 126 cm³/mol. The lowest BCUT2D eigenvalue weighted by molar-refractivity contribution is 1.29. The molecule has 0 aromatic carbocycles. The van der Waals surface area contributed by atoms with Gasteiger partial charge in [-0.3, -0.25) is 30.8 Å². The maximum absolute atomic E-state index is 8.50. The zero-order valence-corrected chi connectivity index (χ0v) is 17.0. The molecule has 0 saturated carbocycles. The maximum atomic E-state index is 8.50. The van der Waals surface area contributed by atoms with E-state index in [1.54, 1.807) is 49.5 Å². The minimum atomic E-state index is 0.154. The Morgan fingerprint density at radius 3 is 1.59 bits per heavy atom. The van der Waals surface area contributed by atoms with Gasteiger partial charge in [-0.15, -0.1) is 0 Å². The van der Waals surface area contributed by atoms with Gasteiger partial charge in [0.15, 0.2) is 0 Å². The highest BCUT2D eigenvalue weighted by Gasteiger charge is 2.19. The average Bonchev–Trinajstić information content (AvgIpc) is 2.87. The molecule has 0 saturated heterocycles. The number of rotatable bonds is 4. The zero-order chi connectivity index (χ0) is 21.9. The van der Waals surface area contributed by atoms with Crippen LogP contribution in [0.1, 0.15) is 11.1 Å². The third-order valence-corrected chi connectivity index (χ3v) is 5.29. The van der Waals surface area contributed by atoms with E-state index in [-0.39, 0.29) is 11.4 Å². The van der Waals surface area contributed by atoms with Crippen molar-refractivity contribution in [3.63, 3.8) is 0 Å². The fraction of sp³-hybridized carbons (Fsp3) is 0. The first-order valence-electron chi connectivity index (χ1n) is 10.0. The second-order valence-corrected chi connectivity index (χ2v) is 7.34. The van der Waals surface area contributed by atoms with Crippen molar-refractivity contribution in [1.29, 1.82) is 10.8 Å². The van der Waals surface area contributed by atoms with Gasteiger partial charge in [0, 0.05) is 77.4 Å². The van der Waals surface area contributed by atoms with Gasteiger partial charge >= 0.3 is 0 Å². The van der Waals surface area contributed by atoms with Crippen LogP contribution in [0.4, 0.5) is 0 Å². The minimum Gasteiger partial charge on any atom is -0.299 e. The number of nitrogens with one attached hydrogen (secondary N) is 2. The molecule has 0 fully saturated rings. The molecule has 1 aliphatic carbocycles. The number of nitrogens with zero attached hydrogens (tertiary/aromatic N) is 4. The molecule has 0 radical (unpaired) electrons. The molecule has 1 aliphatic rings. The second-order valence-electron chi connectivity index (χ2n) is 7.34. The highest BCUT2D eigenvalue weighted by Crippen LogP contribution is 2.31. The number of hydrogen-bond acceptors (Lipinski definition) is 6. The largest absolute Gasteiger partial charge is 0.299 e. The molecule has 6 nitrogen and oxygen atoms in total. The van der Waals surface area contributed by atoms with Crippen molar-refractivity contribution in [1.82, 2.24) is 19.9 Å². The molecule has 0 aliphatic heterocycles. The summed E-state index contributed by atoms with van der Waals surface area (Å²) >= 11 is 0. The summed E-state index contributed by atoms with van der Waals surface area (Å²) in [6.45, 7) is 0. The van der Waals surface area contributed by atoms with Gasteiger partial charge in [-0.25, -0.2) is 0 Å². The van der Waals surface area contributed by atoms with E-state index in [1.807, 2.05) is 48.7 Å². The van der Waals surface area contributed by atoms with Crippen LogP contribution in [0, 0.1) is 10.8 Å². The maximum Gasteiger partial charge on any atom is 0.0868 e. The highest BCUT2D eigenvalue weighted by molar-refractivity contribution is 6.61. The van der Waals surface area contributed by atoms with Gasteiger partial charge in [0.25, 0.3) is 0 Å². The summed E-state index contributed by atoms with van der Waals surface area (Å²) in [4.78, 5) is 16.9. The van der Waals surface area contributed by atoms with Gasteiger partial charge in [0.1, 0.15) is 0 Å². The average molecular weight is 414 g/mol. The van der Waals surface area contributed by atoms with Gasteiger partial charge in [0.2, 0.25) is 0 Å². The van der Waals surface area contributed by atoms with Gasteiger partial charge in [-0.2, -0.15) is 0 Å². The SMILES string of the molecule is N=C1C=C(c2cncc(-c3ccncc3)c2)C=C(c2cncc(-c3ccncc3)c2)C1=N. The Bertz CT molecular complexity index is 1390. The molecule has 0 unspecified atom stereocenters. The van der Waals surface area contributed by atoms with E-state index in [9.17, 15) is 0 Å². The van der Waals surface area contributed by atoms with Crippen molar-refractivity contribution in [2.24, 2.45) is 0 Å². The molecule has 2 N–H and O–H groups in total. The number of allylic oxidation sites excluding steroid dienone is 4. The van der Waals surface area contributed by atoms with Crippen LogP contribution in [0.3, 0.4) is 0 Å². The summed E-state index contributed by atoms with van der Waals surface area (Å²) in [5, 5.41) is 16.9. The normalized spacial score (nSPS) is 13.5. The summed E-state index contributed by atoms with van der Waals surface area (Å²) in [6.07, 6.45) is 17.7. The summed E-state index contributed by atoms with van der Waals surface area (Å²) in [5.74, 6) is 0. The zero-order valence-electron chi connectivity index (χ0n) is 17.0. The molecule has 0 bridgehead atoms. The molecular formula is C26H18N6. The quantitative estimate of drug-likeness (QED) is 0.453. The van der Waals surface area contributed by atoms with Crippen LogP contribution >= 0.6 is 0 Å². The van der Waals surface area contributed by atoms with Gasteiger partial charge in [-0.1, -0.05) is 0 Å². The Balaban J connectivity index is 1.56. The molecule has 5 rings (SSSR count). The number of aromatic nitrogens is 4. The van der Waals surface area contributed by atoms with Crippen LogP contribution < -0.4 is 0 Å². The first kappa shape index (κ1) is 19.4. The number of pyridine rings is 4.